The van der Waals surface area contributed by atoms with E-state index < -0.39 is 0 Å². The molecule has 2 unspecified atom stereocenters. The Morgan fingerprint density at radius 3 is 2.67 bits per heavy atom. The molecule has 2 atom stereocenters. The number of para-hydroxylation sites is 1. The summed E-state index contributed by atoms with van der Waals surface area (Å²) in [4.78, 5) is 0.664. The molecule has 0 radical (unpaired) electrons. The molecule has 0 saturated heterocycles. The van der Waals surface area contributed by atoms with E-state index in [0.29, 0.717) is 10.7 Å². The largest absolute Gasteiger partial charge is 0.491 e. The Morgan fingerprint density at radius 1 is 1.17 bits per heavy atom. The summed E-state index contributed by atoms with van der Waals surface area (Å²) in [7, 11) is 0. The predicted molar refractivity (Wildman–Crippen MR) is 80.7 cm³/mol. The van der Waals surface area contributed by atoms with Crippen LogP contribution in [-0.2, 0) is 0 Å². The SMILES string of the molecule is CC(C)Oc1ccccc1C1CCCCC(Br)C1. The van der Waals surface area contributed by atoms with E-state index in [9.17, 15) is 0 Å². The maximum atomic E-state index is 5.96. The number of hydrogen-bond acceptors (Lipinski definition) is 1. The quantitative estimate of drug-likeness (QED) is 0.545. The maximum absolute atomic E-state index is 5.96. The van der Waals surface area contributed by atoms with Gasteiger partial charge in [0, 0.05) is 4.83 Å². The van der Waals surface area contributed by atoms with Crippen molar-refractivity contribution in [2.75, 3.05) is 0 Å². The first-order valence-corrected chi connectivity index (χ1v) is 7.98. The number of rotatable bonds is 3. The summed E-state index contributed by atoms with van der Waals surface area (Å²) in [6.45, 7) is 4.19. The van der Waals surface area contributed by atoms with Crippen LogP contribution in [0.2, 0.25) is 0 Å². The van der Waals surface area contributed by atoms with Gasteiger partial charge in [-0.15, -0.1) is 0 Å². The molecule has 1 saturated carbocycles. The first kappa shape index (κ1) is 13.9. The first-order valence-electron chi connectivity index (χ1n) is 7.06. The molecule has 1 aromatic rings. The first-order chi connectivity index (χ1) is 8.66. The van der Waals surface area contributed by atoms with Crippen molar-refractivity contribution in [3.63, 3.8) is 0 Å². The number of alkyl halides is 1. The molecule has 100 valence electrons. The monoisotopic (exact) mass is 310 g/mol. The van der Waals surface area contributed by atoms with Crippen LogP contribution in [0.25, 0.3) is 0 Å². The van der Waals surface area contributed by atoms with Crippen LogP contribution in [0.5, 0.6) is 5.75 Å². The maximum Gasteiger partial charge on any atom is 0.123 e. The summed E-state index contributed by atoms with van der Waals surface area (Å²) in [5.74, 6) is 1.73. The number of hydrogen-bond donors (Lipinski definition) is 0. The predicted octanol–water partition coefficient (Wildman–Crippen LogP) is 5.29. The zero-order valence-electron chi connectivity index (χ0n) is 11.4. The van der Waals surface area contributed by atoms with Crippen LogP contribution in [0.15, 0.2) is 24.3 Å². The van der Waals surface area contributed by atoms with Gasteiger partial charge in [0.25, 0.3) is 0 Å². The van der Waals surface area contributed by atoms with Gasteiger partial charge in [0.2, 0.25) is 0 Å². The molecule has 0 aromatic heterocycles. The minimum atomic E-state index is 0.247. The van der Waals surface area contributed by atoms with E-state index in [-0.39, 0.29) is 6.10 Å². The zero-order chi connectivity index (χ0) is 13.0. The highest BCUT2D eigenvalue weighted by atomic mass is 79.9. The molecule has 18 heavy (non-hydrogen) atoms. The molecule has 0 aliphatic heterocycles. The van der Waals surface area contributed by atoms with Gasteiger partial charge in [0.05, 0.1) is 6.10 Å². The van der Waals surface area contributed by atoms with E-state index in [1.807, 2.05) is 0 Å². The van der Waals surface area contributed by atoms with E-state index in [1.54, 1.807) is 0 Å². The molecule has 0 N–H and O–H groups in total. The van der Waals surface area contributed by atoms with E-state index in [4.69, 9.17) is 4.74 Å². The average Bonchev–Trinajstić information content (AvgIpc) is 2.54. The van der Waals surface area contributed by atoms with Gasteiger partial charge in [-0.05, 0) is 50.7 Å². The van der Waals surface area contributed by atoms with Crippen LogP contribution in [0.1, 0.15) is 57.4 Å². The van der Waals surface area contributed by atoms with Gasteiger partial charge in [-0.25, -0.2) is 0 Å². The molecule has 1 nitrogen and oxygen atoms in total. The van der Waals surface area contributed by atoms with Crippen molar-refractivity contribution >= 4 is 15.9 Å². The standard InChI is InChI=1S/C16H23BrO/c1-12(2)18-16-10-6-5-9-15(16)13-7-3-4-8-14(17)11-13/h5-6,9-10,12-14H,3-4,7-8,11H2,1-2H3. The molecule has 2 heteroatoms. The van der Waals surface area contributed by atoms with Gasteiger partial charge in [0.15, 0.2) is 0 Å². The fraction of sp³-hybridized carbons (Fsp3) is 0.625. The van der Waals surface area contributed by atoms with Crippen LogP contribution in [0.4, 0.5) is 0 Å². The van der Waals surface area contributed by atoms with Gasteiger partial charge in [-0.2, -0.15) is 0 Å². The van der Waals surface area contributed by atoms with Crippen molar-refractivity contribution in [3.05, 3.63) is 29.8 Å². The summed E-state index contributed by atoms with van der Waals surface area (Å²) in [6.07, 6.45) is 6.77. The lowest BCUT2D eigenvalue weighted by molar-refractivity contribution is 0.238. The molecule has 1 aromatic carbocycles. The Labute approximate surface area is 119 Å². The van der Waals surface area contributed by atoms with Crippen molar-refractivity contribution in [2.24, 2.45) is 0 Å². The Hall–Kier alpha value is -0.500. The van der Waals surface area contributed by atoms with Crippen molar-refractivity contribution in [2.45, 2.75) is 62.8 Å². The number of halogens is 1. The molecule has 1 aliphatic rings. The molecule has 2 rings (SSSR count). The summed E-state index contributed by atoms with van der Waals surface area (Å²) in [5, 5.41) is 0. The molecule has 0 heterocycles. The smallest absolute Gasteiger partial charge is 0.123 e. The van der Waals surface area contributed by atoms with Gasteiger partial charge >= 0.3 is 0 Å². The van der Waals surface area contributed by atoms with Crippen molar-refractivity contribution in [1.29, 1.82) is 0 Å². The van der Waals surface area contributed by atoms with Crippen LogP contribution in [0.3, 0.4) is 0 Å². The molecule has 1 aliphatic carbocycles. The molecule has 0 amide bonds. The van der Waals surface area contributed by atoms with Crippen LogP contribution in [-0.4, -0.2) is 10.9 Å². The lowest BCUT2D eigenvalue weighted by Gasteiger charge is -2.21. The highest BCUT2D eigenvalue weighted by Gasteiger charge is 2.22. The van der Waals surface area contributed by atoms with Crippen molar-refractivity contribution < 1.29 is 4.74 Å². The van der Waals surface area contributed by atoms with Crippen molar-refractivity contribution in [1.82, 2.24) is 0 Å². The van der Waals surface area contributed by atoms with Crippen LogP contribution in [0, 0.1) is 0 Å². The normalized spacial score (nSPS) is 24.9. The van der Waals surface area contributed by atoms with E-state index >= 15 is 0 Å². The Kier molecular flexibility index (Phi) is 5.11. The third-order valence-electron chi connectivity index (χ3n) is 3.58. The molecule has 0 spiro atoms. The highest BCUT2D eigenvalue weighted by Crippen LogP contribution is 2.38. The van der Waals surface area contributed by atoms with Crippen LogP contribution >= 0.6 is 15.9 Å². The van der Waals surface area contributed by atoms with Gasteiger partial charge in [0.1, 0.15) is 5.75 Å². The highest BCUT2D eigenvalue weighted by molar-refractivity contribution is 9.09. The lowest BCUT2D eigenvalue weighted by atomic mass is 9.91. The van der Waals surface area contributed by atoms with Crippen molar-refractivity contribution in [3.8, 4) is 5.75 Å². The second kappa shape index (κ2) is 6.60. The third kappa shape index (κ3) is 3.74. The summed E-state index contributed by atoms with van der Waals surface area (Å²) in [5.41, 5.74) is 1.40. The van der Waals surface area contributed by atoms with Gasteiger partial charge in [-0.1, -0.05) is 47.0 Å². The second-order valence-electron chi connectivity index (χ2n) is 5.52. The van der Waals surface area contributed by atoms with E-state index in [2.05, 4.69) is 54.0 Å². The fourth-order valence-electron chi connectivity index (χ4n) is 2.76. The fourth-order valence-corrected chi connectivity index (χ4v) is 3.54. The van der Waals surface area contributed by atoms with Gasteiger partial charge < -0.3 is 4.74 Å². The number of benzene rings is 1. The molecule has 0 bridgehead atoms. The lowest BCUT2D eigenvalue weighted by Crippen LogP contribution is -2.10. The Balaban J connectivity index is 2.20. The van der Waals surface area contributed by atoms with E-state index in [1.165, 1.54) is 37.7 Å². The van der Waals surface area contributed by atoms with Gasteiger partial charge in [-0.3, -0.25) is 0 Å². The average molecular weight is 311 g/mol. The Morgan fingerprint density at radius 2 is 1.89 bits per heavy atom. The molecular formula is C16H23BrO. The molecule has 1 fully saturated rings. The van der Waals surface area contributed by atoms with Crippen LogP contribution < -0.4 is 4.74 Å². The Bertz CT molecular complexity index is 375. The van der Waals surface area contributed by atoms with E-state index in [0.717, 1.165) is 5.75 Å². The molecular weight excluding hydrogens is 288 g/mol. The summed E-state index contributed by atoms with van der Waals surface area (Å²) >= 11 is 3.81. The minimum Gasteiger partial charge on any atom is -0.491 e. The minimum absolute atomic E-state index is 0.247. The summed E-state index contributed by atoms with van der Waals surface area (Å²) in [6, 6.07) is 8.57. The third-order valence-corrected chi connectivity index (χ3v) is 4.41. The summed E-state index contributed by atoms with van der Waals surface area (Å²) < 4.78 is 5.96. The second-order valence-corrected chi connectivity index (χ2v) is 6.81. The zero-order valence-corrected chi connectivity index (χ0v) is 12.9. The topological polar surface area (TPSA) is 9.23 Å². The number of ether oxygens (including phenoxy) is 1.